The van der Waals surface area contributed by atoms with Crippen molar-refractivity contribution < 1.29 is 9.59 Å². The lowest BCUT2D eigenvalue weighted by Crippen LogP contribution is -2.45. The van der Waals surface area contributed by atoms with E-state index in [0.29, 0.717) is 36.3 Å². The molecule has 3 unspecified atom stereocenters. The highest BCUT2D eigenvalue weighted by molar-refractivity contribution is 8.03. The summed E-state index contributed by atoms with van der Waals surface area (Å²) in [7, 11) is 0. The normalized spacial score (nSPS) is 27.8. The number of nitriles is 1. The van der Waals surface area contributed by atoms with Gasteiger partial charge in [-0.05, 0) is 43.4 Å². The second kappa shape index (κ2) is 11.3. The summed E-state index contributed by atoms with van der Waals surface area (Å²) in [5.41, 5.74) is 2.25. The number of carbonyl (C=O) groups is 2. The summed E-state index contributed by atoms with van der Waals surface area (Å²) in [4.78, 5) is 34.5. The number of carbonyl (C=O) groups excluding carboxylic acids is 2. The van der Waals surface area contributed by atoms with Gasteiger partial charge in [0, 0.05) is 74.5 Å². The van der Waals surface area contributed by atoms with E-state index < -0.39 is 5.91 Å². The maximum atomic E-state index is 13.3. The fourth-order valence-corrected chi connectivity index (χ4v) is 6.79. The summed E-state index contributed by atoms with van der Waals surface area (Å²) in [5.74, 6) is 0.985. The van der Waals surface area contributed by atoms with E-state index in [1.807, 2.05) is 19.2 Å². The lowest BCUT2D eigenvalue weighted by Gasteiger charge is -2.37. The first kappa shape index (κ1) is 26.5. The van der Waals surface area contributed by atoms with Crippen LogP contribution in [0.2, 0.25) is 0 Å². The summed E-state index contributed by atoms with van der Waals surface area (Å²) in [6.07, 6.45) is 7.72. The Kier molecular flexibility index (Phi) is 7.91. The second-order valence-corrected chi connectivity index (χ2v) is 11.9. The smallest absolute Gasteiger partial charge is 0.264 e. The molecule has 1 saturated carbocycles. The predicted octanol–water partition coefficient (Wildman–Crippen LogP) is 3.26. The van der Waals surface area contributed by atoms with Crippen molar-refractivity contribution in [2.24, 2.45) is 28.2 Å². The van der Waals surface area contributed by atoms with Crippen LogP contribution in [-0.4, -0.2) is 72.9 Å². The Morgan fingerprint density at radius 2 is 2.08 bits per heavy atom. The van der Waals surface area contributed by atoms with E-state index in [1.54, 1.807) is 11.1 Å². The molecule has 3 heterocycles. The third-order valence-corrected chi connectivity index (χ3v) is 9.30. The lowest BCUT2D eigenvalue weighted by atomic mass is 10.0. The summed E-state index contributed by atoms with van der Waals surface area (Å²) in [5, 5.41) is 16.6. The van der Waals surface area contributed by atoms with Crippen molar-refractivity contribution in [3.05, 3.63) is 52.7 Å². The van der Waals surface area contributed by atoms with Crippen molar-refractivity contribution in [3.63, 3.8) is 0 Å². The maximum Gasteiger partial charge on any atom is 0.264 e. The van der Waals surface area contributed by atoms with Gasteiger partial charge in [0.2, 0.25) is 5.91 Å². The molecule has 2 N–H and O–H groups in total. The van der Waals surface area contributed by atoms with Gasteiger partial charge in [0.25, 0.3) is 5.91 Å². The molecule has 4 aliphatic rings. The first-order chi connectivity index (χ1) is 18.4. The number of amides is 2. The SMILES string of the molecule is CCN1C(=O)C(CNc2ccc(CCN3CC(C)C3)cc2)CS/C1=C(/C#N)C(=O)NCC12C=CN=CC1C2. The lowest BCUT2D eigenvalue weighted by molar-refractivity contribution is -0.132. The van der Waals surface area contributed by atoms with E-state index in [0.717, 1.165) is 31.0 Å². The molecule has 2 amide bonds. The number of thioether (sulfide) groups is 1. The molecule has 1 aliphatic carbocycles. The molecule has 1 aromatic carbocycles. The third kappa shape index (κ3) is 5.67. The molecule has 9 heteroatoms. The van der Waals surface area contributed by atoms with Crippen molar-refractivity contribution in [2.75, 3.05) is 50.3 Å². The van der Waals surface area contributed by atoms with E-state index in [9.17, 15) is 14.9 Å². The molecule has 5 rings (SSSR count). The number of nitrogens with zero attached hydrogens (tertiary/aromatic N) is 4. The Labute approximate surface area is 229 Å². The van der Waals surface area contributed by atoms with E-state index in [2.05, 4.69) is 57.8 Å². The van der Waals surface area contributed by atoms with Gasteiger partial charge in [-0.3, -0.25) is 14.6 Å². The molecule has 3 aliphatic heterocycles. The zero-order valence-electron chi connectivity index (χ0n) is 22.2. The molecule has 0 bridgehead atoms. The second-order valence-electron chi connectivity index (χ2n) is 10.9. The van der Waals surface area contributed by atoms with Gasteiger partial charge in [-0.1, -0.05) is 25.1 Å². The zero-order chi connectivity index (χ0) is 26.7. The highest BCUT2D eigenvalue weighted by Crippen LogP contribution is 2.53. The summed E-state index contributed by atoms with van der Waals surface area (Å²) < 4.78 is 0. The average molecular weight is 533 g/mol. The molecule has 1 aromatic rings. The number of hydrogen-bond acceptors (Lipinski definition) is 7. The molecular weight excluding hydrogens is 496 g/mol. The minimum absolute atomic E-state index is 0.0157. The highest BCUT2D eigenvalue weighted by Gasteiger charge is 2.52. The van der Waals surface area contributed by atoms with Crippen LogP contribution in [0.5, 0.6) is 0 Å². The fraction of sp³-hybridized carbons (Fsp3) is 0.517. The topological polar surface area (TPSA) is 101 Å². The van der Waals surface area contributed by atoms with Gasteiger partial charge < -0.3 is 20.4 Å². The number of nitrogens with one attached hydrogen (secondary N) is 2. The van der Waals surface area contributed by atoms with Crippen molar-refractivity contribution in [3.8, 4) is 6.07 Å². The van der Waals surface area contributed by atoms with Crippen molar-refractivity contribution in [1.82, 2.24) is 15.1 Å². The Bertz CT molecular complexity index is 1200. The molecule has 0 aromatic heterocycles. The van der Waals surface area contributed by atoms with Gasteiger partial charge in [0.05, 0.1) is 5.92 Å². The monoisotopic (exact) mass is 532 g/mol. The number of aliphatic imine (C=N–C) groups is 1. The zero-order valence-corrected chi connectivity index (χ0v) is 23.0. The van der Waals surface area contributed by atoms with E-state index in [-0.39, 0.29) is 22.8 Å². The van der Waals surface area contributed by atoms with Crippen molar-refractivity contribution in [1.29, 1.82) is 5.26 Å². The molecule has 3 atom stereocenters. The van der Waals surface area contributed by atoms with Crippen LogP contribution < -0.4 is 10.6 Å². The van der Waals surface area contributed by atoms with E-state index >= 15 is 0 Å². The quantitative estimate of drug-likeness (QED) is 0.354. The van der Waals surface area contributed by atoms with Crippen LogP contribution in [-0.2, 0) is 16.0 Å². The molecule has 0 radical (unpaired) electrons. The molecule has 0 spiro atoms. The Morgan fingerprint density at radius 1 is 1.29 bits per heavy atom. The number of anilines is 1. The highest BCUT2D eigenvalue weighted by atomic mass is 32.2. The first-order valence-electron chi connectivity index (χ1n) is 13.6. The van der Waals surface area contributed by atoms with Crippen LogP contribution in [0.15, 0.2) is 52.1 Å². The standard InChI is InChI=1S/C29H36N6O2S/c1-3-35-27(37)22(14-32-24-6-4-21(5-7-24)8-11-34-16-20(2)17-34)18-38-28(35)25(13-30)26(36)33-19-29-9-10-31-15-23(29)12-29/h4-7,9-10,15,20,22-23,32H,3,8,11-12,14,16-19H2,1-2H3,(H,33,36)/b28-25-. The van der Waals surface area contributed by atoms with Crippen molar-refractivity contribution >= 4 is 35.5 Å². The minimum Gasteiger partial charge on any atom is -0.384 e. The van der Waals surface area contributed by atoms with E-state index in [1.165, 1.54) is 30.4 Å². The molecular formula is C29H36N6O2S. The number of benzene rings is 1. The van der Waals surface area contributed by atoms with E-state index in [4.69, 9.17) is 0 Å². The predicted molar refractivity (Wildman–Crippen MR) is 151 cm³/mol. The molecule has 2 saturated heterocycles. The summed E-state index contributed by atoms with van der Waals surface area (Å²) >= 11 is 1.42. The molecule has 200 valence electrons. The molecule has 3 fully saturated rings. The van der Waals surface area contributed by atoms with Crippen LogP contribution >= 0.6 is 11.8 Å². The van der Waals surface area contributed by atoms with Crippen LogP contribution in [0.1, 0.15) is 25.8 Å². The van der Waals surface area contributed by atoms with Gasteiger partial charge in [-0.15, -0.1) is 11.8 Å². The van der Waals surface area contributed by atoms with Gasteiger partial charge in [-0.2, -0.15) is 5.26 Å². The molecule has 38 heavy (non-hydrogen) atoms. The van der Waals surface area contributed by atoms with Gasteiger partial charge in [0.1, 0.15) is 16.7 Å². The Balaban J connectivity index is 1.14. The van der Waals surface area contributed by atoms with Crippen LogP contribution in [0, 0.1) is 34.5 Å². The van der Waals surface area contributed by atoms with Crippen LogP contribution in [0.25, 0.3) is 0 Å². The average Bonchev–Trinajstić information content (AvgIpc) is 3.65. The summed E-state index contributed by atoms with van der Waals surface area (Å²) in [6, 6.07) is 10.5. The Hall–Kier alpha value is -3.09. The first-order valence-corrected chi connectivity index (χ1v) is 14.5. The molecule has 8 nitrogen and oxygen atoms in total. The van der Waals surface area contributed by atoms with Crippen molar-refractivity contribution in [2.45, 2.75) is 26.7 Å². The number of rotatable bonds is 10. The Morgan fingerprint density at radius 3 is 2.76 bits per heavy atom. The fourth-order valence-electron chi connectivity index (χ4n) is 5.51. The van der Waals surface area contributed by atoms with Crippen LogP contribution in [0.4, 0.5) is 5.69 Å². The van der Waals surface area contributed by atoms with Gasteiger partial charge >= 0.3 is 0 Å². The minimum atomic E-state index is -0.419. The number of likely N-dealkylation sites (tertiary alicyclic amines) is 1. The largest absolute Gasteiger partial charge is 0.384 e. The van der Waals surface area contributed by atoms with Crippen LogP contribution in [0.3, 0.4) is 0 Å². The maximum absolute atomic E-state index is 13.3. The summed E-state index contributed by atoms with van der Waals surface area (Å²) in [6.45, 7) is 9.05. The third-order valence-electron chi connectivity index (χ3n) is 8.03. The van der Waals surface area contributed by atoms with Gasteiger partial charge in [0.15, 0.2) is 0 Å². The number of hydrogen-bond donors (Lipinski definition) is 2. The van der Waals surface area contributed by atoms with Gasteiger partial charge in [-0.25, -0.2) is 0 Å². The number of fused-ring (bicyclic) bond motifs is 1.